The highest BCUT2D eigenvalue weighted by Crippen LogP contribution is 2.18. The molecule has 2 aromatic heterocycles. The van der Waals surface area contributed by atoms with Crippen molar-refractivity contribution in [3.05, 3.63) is 60.0 Å². The number of carbonyl (C=O) groups excluding carboxylic acids is 1. The molecule has 1 N–H and O–H groups in total. The Morgan fingerprint density at radius 3 is 2.96 bits per heavy atom. The van der Waals surface area contributed by atoms with Crippen molar-refractivity contribution in [2.24, 2.45) is 0 Å². The number of imidazole rings is 1. The van der Waals surface area contributed by atoms with Crippen LogP contribution in [0.4, 0.5) is 0 Å². The van der Waals surface area contributed by atoms with E-state index in [4.69, 9.17) is 9.47 Å². The third-order valence-electron chi connectivity index (χ3n) is 4.10. The number of methoxy groups -OCH3 is 1. The molecule has 0 spiro atoms. The van der Waals surface area contributed by atoms with Gasteiger partial charge in [0, 0.05) is 25.4 Å². The summed E-state index contributed by atoms with van der Waals surface area (Å²) in [4.78, 5) is 16.5. The van der Waals surface area contributed by atoms with Crippen LogP contribution in [0.3, 0.4) is 0 Å². The van der Waals surface area contributed by atoms with Crippen molar-refractivity contribution in [2.75, 3.05) is 20.3 Å². The predicted molar refractivity (Wildman–Crippen MR) is 99.8 cm³/mol. The second-order valence-electron chi connectivity index (χ2n) is 5.93. The molecular formula is C20H23N3O3. The standard InChI is InChI=1S/C20H23N3O3/c1-3-15-6-4-7-17(12-15)26-14-19(24)21-10-9-16-13-23-11-5-8-18(25-2)20(23)22-16/h4-8,11-13H,3,9-10,14H2,1-2H3,(H,21,24). The molecule has 0 saturated heterocycles. The number of aromatic nitrogens is 2. The molecule has 136 valence electrons. The zero-order chi connectivity index (χ0) is 18.4. The summed E-state index contributed by atoms with van der Waals surface area (Å²) < 4.78 is 12.8. The number of nitrogens with one attached hydrogen (secondary N) is 1. The normalized spacial score (nSPS) is 10.7. The van der Waals surface area contributed by atoms with Gasteiger partial charge in [0.2, 0.25) is 0 Å². The van der Waals surface area contributed by atoms with Crippen LogP contribution in [0.1, 0.15) is 18.2 Å². The largest absolute Gasteiger partial charge is 0.493 e. The van der Waals surface area contributed by atoms with E-state index in [0.29, 0.717) is 18.7 Å². The number of pyridine rings is 1. The number of ether oxygens (including phenoxy) is 2. The lowest BCUT2D eigenvalue weighted by Gasteiger charge is -2.08. The Morgan fingerprint density at radius 1 is 1.27 bits per heavy atom. The molecule has 3 aromatic rings. The van der Waals surface area contributed by atoms with Gasteiger partial charge in [-0.15, -0.1) is 0 Å². The van der Waals surface area contributed by atoms with Crippen LogP contribution in [0, 0.1) is 0 Å². The van der Waals surface area contributed by atoms with Gasteiger partial charge in [0.1, 0.15) is 5.75 Å². The molecule has 0 radical (unpaired) electrons. The Hall–Kier alpha value is -3.02. The molecule has 0 saturated carbocycles. The second-order valence-corrected chi connectivity index (χ2v) is 5.93. The molecule has 0 aliphatic carbocycles. The number of aryl methyl sites for hydroxylation is 1. The number of hydrogen-bond donors (Lipinski definition) is 1. The van der Waals surface area contributed by atoms with Crippen LogP contribution in [-0.2, 0) is 17.6 Å². The maximum atomic E-state index is 12.0. The van der Waals surface area contributed by atoms with Gasteiger partial charge in [0.25, 0.3) is 5.91 Å². The molecule has 6 heteroatoms. The fraction of sp³-hybridized carbons (Fsp3) is 0.300. The molecule has 1 amide bonds. The third-order valence-corrected chi connectivity index (χ3v) is 4.10. The summed E-state index contributed by atoms with van der Waals surface area (Å²) in [5.41, 5.74) is 2.85. The maximum Gasteiger partial charge on any atom is 0.257 e. The Bertz CT molecular complexity index is 889. The van der Waals surface area contributed by atoms with Crippen LogP contribution in [0.2, 0.25) is 0 Å². The number of fused-ring (bicyclic) bond motifs is 1. The van der Waals surface area contributed by atoms with Gasteiger partial charge in [0.05, 0.1) is 12.8 Å². The van der Waals surface area contributed by atoms with E-state index in [1.54, 1.807) is 7.11 Å². The van der Waals surface area contributed by atoms with Crippen LogP contribution < -0.4 is 14.8 Å². The zero-order valence-electron chi connectivity index (χ0n) is 15.1. The van der Waals surface area contributed by atoms with Crippen molar-refractivity contribution >= 4 is 11.6 Å². The fourth-order valence-corrected chi connectivity index (χ4v) is 2.70. The Morgan fingerprint density at radius 2 is 2.15 bits per heavy atom. The van der Waals surface area contributed by atoms with Gasteiger partial charge in [-0.1, -0.05) is 19.1 Å². The molecule has 3 rings (SSSR count). The minimum absolute atomic E-state index is 0.00611. The Labute approximate surface area is 152 Å². The molecule has 2 heterocycles. The highest BCUT2D eigenvalue weighted by molar-refractivity contribution is 5.77. The Kier molecular flexibility index (Phi) is 5.73. The first-order chi connectivity index (χ1) is 12.7. The van der Waals surface area contributed by atoms with Crippen molar-refractivity contribution < 1.29 is 14.3 Å². The van der Waals surface area contributed by atoms with Gasteiger partial charge in [-0.05, 0) is 36.2 Å². The van der Waals surface area contributed by atoms with Gasteiger partial charge in [-0.25, -0.2) is 4.98 Å². The number of carbonyl (C=O) groups is 1. The second kappa shape index (κ2) is 8.38. The average molecular weight is 353 g/mol. The van der Waals surface area contributed by atoms with Gasteiger partial charge in [-0.2, -0.15) is 0 Å². The minimum atomic E-state index is -0.145. The number of benzene rings is 1. The molecule has 0 fully saturated rings. The first-order valence-corrected chi connectivity index (χ1v) is 8.68. The highest BCUT2D eigenvalue weighted by atomic mass is 16.5. The monoisotopic (exact) mass is 353 g/mol. The number of nitrogens with zero attached hydrogens (tertiary/aromatic N) is 2. The summed E-state index contributed by atoms with van der Waals surface area (Å²) >= 11 is 0. The summed E-state index contributed by atoms with van der Waals surface area (Å²) in [6.45, 7) is 2.59. The molecule has 0 atom stereocenters. The average Bonchev–Trinajstić information content (AvgIpc) is 3.09. The summed E-state index contributed by atoms with van der Waals surface area (Å²) in [6, 6.07) is 11.6. The summed E-state index contributed by atoms with van der Waals surface area (Å²) in [5, 5.41) is 2.86. The lowest BCUT2D eigenvalue weighted by molar-refractivity contribution is -0.123. The lowest BCUT2D eigenvalue weighted by Crippen LogP contribution is -2.30. The minimum Gasteiger partial charge on any atom is -0.493 e. The maximum absolute atomic E-state index is 12.0. The molecular weight excluding hydrogens is 330 g/mol. The molecule has 0 unspecified atom stereocenters. The topological polar surface area (TPSA) is 64.9 Å². The van der Waals surface area contributed by atoms with Crippen LogP contribution >= 0.6 is 0 Å². The predicted octanol–water partition coefficient (Wildman–Crippen LogP) is 2.64. The molecule has 0 aliphatic heterocycles. The molecule has 1 aromatic carbocycles. The SMILES string of the molecule is CCc1cccc(OCC(=O)NCCc2cn3cccc(OC)c3n2)c1. The third kappa shape index (κ3) is 4.33. The first-order valence-electron chi connectivity index (χ1n) is 8.68. The van der Waals surface area contributed by atoms with Gasteiger partial charge in [0.15, 0.2) is 18.0 Å². The van der Waals surface area contributed by atoms with Gasteiger partial charge >= 0.3 is 0 Å². The first kappa shape index (κ1) is 17.8. The summed E-state index contributed by atoms with van der Waals surface area (Å²) in [6.07, 6.45) is 5.44. The van der Waals surface area contributed by atoms with Crippen LogP contribution in [-0.4, -0.2) is 35.6 Å². The van der Waals surface area contributed by atoms with Crippen molar-refractivity contribution in [3.8, 4) is 11.5 Å². The highest BCUT2D eigenvalue weighted by Gasteiger charge is 2.08. The number of hydrogen-bond acceptors (Lipinski definition) is 4. The van der Waals surface area contributed by atoms with E-state index in [9.17, 15) is 4.79 Å². The van der Waals surface area contributed by atoms with E-state index in [1.807, 2.05) is 53.2 Å². The molecule has 0 aliphatic rings. The van der Waals surface area contributed by atoms with E-state index in [-0.39, 0.29) is 12.5 Å². The summed E-state index contributed by atoms with van der Waals surface area (Å²) in [7, 11) is 1.63. The van der Waals surface area contributed by atoms with E-state index in [0.717, 1.165) is 23.5 Å². The zero-order valence-corrected chi connectivity index (χ0v) is 15.1. The van der Waals surface area contributed by atoms with Gasteiger partial charge < -0.3 is 19.2 Å². The lowest BCUT2D eigenvalue weighted by atomic mass is 10.2. The number of rotatable bonds is 8. The number of amides is 1. The van der Waals surface area contributed by atoms with Crippen LogP contribution in [0.15, 0.2) is 48.8 Å². The molecule has 6 nitrogen and oxygen atoms in total. The quantitative estimate of drug-likeness (QED) is 0.676. The van der Waals surface area contributed by atoms with E-state index < -0.39 is 0 Å². The van der Waals surface area contributed by atoms with E-state index in [1.165, 1.54) is 5.56 Å². The van der Waals surface area contributed by atoms with Crippen molar-refractivity contribution in [3.63, 3.8) is 0 Å². The fourth-order valence-electron chi connectivity index (χ4n) is 2.70. The Balaban J connectivity index is 1.47. The van der Waals surface area contributed by atoms with Crippen molar-refractivity contribution in [1.82, 2.24) is 14.7 Å². The van der Waals surface area contributed by atoms with E-state index in [2.05, 4.69) is 17.2 Å². The van der Waals surface area contributed by atoms with Crippen molar-refractivity contribution in [1.29, 1.82) is 0 Å². The van der Waals surface area contributed by atoms with Crippen molar-refractivity contribution in [2.45, 2.75) is 19.8 Å². The van der Waals surface area contributed by atoms with Crippen LogP contribution in [0.25, 0.3) is 5.65 Å². The van der Waals surface area contributed by atoms with Gasteiger partial charge in [-0.3, -0.25) is 4.79 Å². The summed E-state index contributed by atoms with van der Waals surface area (Å²) in [5.74, 6) is 1.30. The van der Waals surface area contributed by atoms with Crippen LogP contribution in [0.5, 0.6) is 11.5 Å². The van der Waals surface area contributed by atoms with E-state index >= 15 is 0 Å². The molecule has 26 heavy (non-hydrogen) atoms. The smallest absolute Gasteiger partial charge is 0.257 e. The molecule has 0 bridgehead atoms.